The average Bonchev–Trinajstić information content (AvgIpc) is 1.76. The van der Waals surface area contributed by atoms with Crippen molar-refractivity contribution < 1.29 is 171 Å². The molecule has 0 aromatic rings. The Balaban J connectivity index is -0.0000000150. The van der Waals surface area contributed by atoms with E-state index in [0.29, 0.717) is 0 Å². The van der Waals surface area contributed by atoms with Gasteiger partial charge in [0.15, 0.2) is 0 Å². The summed E-state index contributed by atoms with van der Waals surface area (Å²) in [6, 6.07) is 0. The fraction of sp³-hybridized carbons (Fsp3) is 0. The summed E-state index contributed by atoms with van der Waals surface area (Å²) in [5.41, 5.74) is 0. The van der Waals surface area contributed by atoms with Crippen molar-refractivity contribution in [3.63, 3.8) is 0 Å². The summed E-state index contributed by atoms with van der Waals surface area (Å²) in [6.07, 6.45) is 0. The molecule has 1 radical (unpaired) electrons. The molecule has 0 bridgehead atoms. The minimum Gasteiger partial charge on any atom is -0.907 e. The smallest absolute Gasteiger partial charge is 0.907 e. The van der Waals surface area contributed by atoms with Gasteiger partial charge in [-0.25, -0.2) is 0 Å². The molecule has 0 aromatic heterocycles. The molecule has 0 N–H and O–H groups in total. The van der Waals surface area contributed by atoms with Crippen LogP contribution >= 0.6 is 0 Å². The predicted molar refractivity (Wildman–Crippen MR) is 28.8 cm³/mol. The summed E-state index contributed by atoms with van der Waals surface area (Å²) in [4.78, 5) is 0. The third-order valence-electron chi connectivity index (χ3n) is 0. The Hall–Kier alpha value is 4.00. The number of hydrogen-bond acceptors (Lipinski definition) is 12. The van der Waals surface area contributed by atoms with E-state index in [0.717, 1.165) is 0 Å². The van der Waals surface area contributed by atoms with Crippen molar-refractivity contribution in [2.75, 3.05) is 0 Å². The Morgan fingerprint density at radius 2 is 0.400 bits per heavy atom. The maximum Gasteiger partial charge on any atom is 3.00 e. The van der Waals surface area contributed by atoms with Gasteiger partial charge >= 0.3 is 128 Å². The Kier molecular flexibility index (Phi) is 108. The second kappa shape index (κ2) is 43.5. The van der Waals surface area contributed by atoms with Crippen molar-refractivity contribution in [3.05, 3.63) is 0 Å². The van der Waals surface area contributed by atoms with E-state index in [-0.39, 0.29) is 128 Å². The standard InChI is InChI=1S/Al.4BO3.Lu.Nd.Y/c;4*2-1(3)4;;;/q+3;4*-3;3*+3. The molecule has 12 nitrogen and oxygen atoms in total. The SMILES string of the molecule is [Al+3].[Lu+3].[Nd+3].[O-]B([O-])[O-].[O-]B([O-])[O-].[O-]B([O-])[O-].[O-]B([O-])[O-].[Y+3]. The largest absolute Gasteiger partial charge is 3.00 e. The van der Waals surface area contributed by atoms with Crippen LogP contribution in [0.25, 0.3) is 0 Å². The van der Waals surface area contributed by atoms with Crippen LogP contribution in [0.4, 0.5) is 0 Å². The summed E-state index contributed by atoms with van der Waals surface area (Å²) in [5.74, 6) is 0. The average molecular weight is 670 g/mol. The van der Waals surface area contributed by atoms with Gasteiger partial charge < -0.3 is 60.3 Å². The zero-order valence-electron chi connectivity index (χ0n) is 9.12. The van der Waals surface area contributed by atoms with Crippen molar-refractivity contribution in [2.45, 2.75) is 0 Å². The molecule has 20 heavy (non-hydrogen) atoms. The summed E-state index contributed by atoms with van der Waals surface area (Å²) < 4.78 is 0. The molecule has 0 aromatic carbocycles. The van der Waals surface area contributed by atoms with E-state index < -0.39 is 29.3 Å². The van der Waals surface area contributed by atoms with Crippen LogP contribution in [0.15, 0.2) is 0 Å². The summed E-state index contributed by atoms with van der Waals surface area (Å²) in [5, 5.41) is 101. The quantitative estimate of drug-likeness (QED) is 0.217. The molecule has 0 saturated heterocycles. The third-order valence-corrected chi connectivity index (χ3v) is 0. The van der Waals surface area contributed by atoms with E-state index in [1.807, 2.05) is 0 Å². The van der Waals surface area contributed by atoms with E-state index in [1.165, 1.54) is 0 Å². The molecule has 0 fully saturated rings. The summed E-state index contributed by atoms with van der Waals surface area (Å²) in [6.45, 7) is 0. The number of rotatable bonds is 0. The van der Waals surface area contributed by atoms with Crippen molar-refractivity contribution in [2.24, 2.45) is 0 Å². The fourth-order valence-corrected chi connectivity index (χ4v) is 0. The van der Waals surface area contributed by atoms with E-state index in [1.54, 1.807) is 0 Å². The van der Waals surface area contributed by atoms with Gasteiger partial charge in [0, 0.05) is 0 Å². The molecule has 0 amide bonds. The van der Waals surface area contributed by atoms with Crippen LogP contribution in [0, 0.1) is 77.7 Å². The second-order valence-electron chi connectivity index (χ2n) is 1.15. The van der Waals surface area contributed by atoms with Gasteiger partial charge in [-0.3, -0.25) is 29.3 Å². The molecule has 109 valence electrons. The van der Waals surface area contributed by atoms with Crippen LogP contribution in [0.3, 0.4) is 0 Å². The predicted octanol–water partition coefficient (Wildman–Crippen LogP) is -16.2. The van der Waals surface area contributed by atoms with Gasteiger partial charge in [-0.2, -0.15) is 0 Å². The third kappa shape index (κ3) is 606. The molecule has 20 heteroatoms. The van der Waals surface area contributed by atoms with Crippen LogP contribution in [-0.4, -0.2) is 46.6 Å². The zero-order chi connectivity index (χ0) is 14.3. The molecule has 0 spiro atoms. The zero-order valence-corrected chi connectivity index (χ0v) is 18.0. The molecule has 0 saturated carbocycles. The van der Waals surface area contributed by atoms with Crippen LogP contribution in [-0.2, 0) is 32.7 Å². The first-order valence-electron chi connectivity index (χ1n) is 2.83. The van der Waals surface area contributed by atoms with Gasteiger partial charge in [0.25, 0.3) is 0 Å². The van der Waals surface area contributed by atoms with Crippen LogP contribution in [0.1, 0.15) is 0 Å². The summed E-state index contributed by atoms with van der Waals surface area (Å²) >= 11 is 0. The molecule has 0 unspecified atom stereocenters. The van der Waals surface area contributed by atoms with Crippen molar-refractivity contribution in [1.82, 2.24) is 0 Å². The van der Waals surface area contributed by atoms with Gasteiger partial charge in [-0.1, -0.05) is 0 Å². The van der Waals surface area contributed by atoms with E-state index >= 15 is 0 Å². The maximum absolute atomic E-state index is 8.42. The van der Waals surface area contributed by atoms with E-state index in [2.05, 4.69) is 0 Å². The molecule has 0 aliphatic rings. The molecule has 0 atom stereocenters. The van der Waals surface area contributed by atoms with Crippen LogP contribution < -0.4 is 60.3 Å². The minimum absolute atomic E-state index is 0. The Bertz CT molecular complexity index is 78.4. The van der Waals surface area contributed by atoms with E-state index in [9.17, 15) is 0 Å². The van der Waals surface area contributed by atoms with Gasteiger partial charge in [0.05, 0.1) is 0 Å². The first-order valence-corrected chi connectivity index (χ1v) is 2.83. The normalized spacial score (nSPS) is 5.40. The number of hydrogen-bond donors (Lipinski definition) is 0. The van der Waals surface area contributed by atoms with Gasteiger partial charge in [-0.05, 0) is 0 Å². The monoisotopic (exact) mass is 669 g/mol. The first-order chi connectivity index (χ1) is 6.93. The Morgan fingerprint density at radius 3 is 0.400 bits per heavy atom. The second-order valence-corrected chi connectivity index (χ2v) is 1.15. The van der Waals surface area contributed by atoms with Crippen molar-refractivity contribution >= 4 is 46.6 Å². The van der Waals surface area contributed by atoms with Gasteiger partial charge in [-0.15, -0.1) is 0 Å². The van der Waals surface area contributed by atoms with E-state index in [4.69, 9.17) is 60.3 Å². The molecule has 0 rings (SSSR count). The maximum atomic E-state index is 8.42. The molecule has 0 heterocycles. The first kappa shape index (κ1) is 49.6. The Labute approximate surface area is 213 Å². The minimum atomic E-state index is -2.92. The Morgan fingerprint density at radius 1 is 0.400 bits per heavy atom. The van der Waals surface area contributed by atoms with Crippen LogP contribution in [0.2, 0.25) is 0 Å². The topological polar surface area (TPSA) is 277 Å². The molecular formula is AlB4LuNdO12Y. The van der Waals surface area contributed by atoms with Gasteiger partial charge in [0.1, 0.15) is 0 Å². The molecule has 0 aliphatic carbocycles. The van der Waals surface area contributed by atoms with Gasteiger partial charge in [0.2, 0.25) is 0 Å². The molecular weight excluding hydrogens is 670 g/mol. The fourth-order valence-electron chi connectivity index (χ4n) is 0. The van der Waals surface area contributed by atoms with Crippen LogP contribution in [0.5, 0.6) is 0 Å². The summed E-state index contributed by atoms with van der Waals surface area (Å²) in [7, 11) is -11.7. The van der Waals surface area contributed by atoms with Crippen molar-refractivity contribution in [3.8, 4) is 0 Å². The van der Waals surface area contributed by atoms with Crippen molar-refractivity contribution in [1.29, 1.82) is 0 Å². The molecule has 0 aliphatic heterocycles.